The molecule has 1 aromatic carbocycles. The summed E-state index contributed by atoms with van der Waals surface area (Å²) in [5, 5.41) is 0. The zero-order chi connectivity index (χ0) is 12.4. The lowest BCUT2D eigenvalue weighted by molar-refractivity contribution is 0.101. The third-order valence-corrected chi connectivity index (χ3v) is 3.42. The van der Waals surface area contributed by atoms with Gasteiger partial charge in [-0.1, -0.05) is 19.1 Å². The summed E-state index contributed by atoms with van der Waals surface area (Å²) in [7, 11) is 0. The zero-order valence-electron chi connectivity index (χ0n) is 10.6. The molecule has 1 unspecified atom stereocenters. The standard InChI is InChI=1S/C14H20N2O/c1-3-14(15)9-16-7-12-5-4-11(10(2)17)6-13(12)8-16/h4-6,14H,3,7-9,15H2,1-2H3. The molecule has 1 aromatic rings. The molecule has 0 spiro atoms. The van der Waals surface area contributed by atoms with Crippen molar-refractivity contribution in [2.75, 3.05) is 6.54 Å². The van der Waals surface area contributed by atoms with Crippen molar-refractivity contribution in [1.82, 2.24) is 4.90 Å². The van der Waals surface area contributed by atoms with E-state index in [1.807, 2.05) is 12.1 Å². The Kier molecular flexibility index (Phi) is 3.60. The second-order valence-corrected chi connectivity index (χ2v) is 4.88. The van der Waals surface area contributed by atoms with E-state index in [0.29, 0.717) is 0 Å². The minimum atomic E-state index is 0.136. The summed E-state index contributed by atoms with van der Waals surface area (Å²) in [6.07, 6.45) is 1.01. The highest BCUT2D eigenvalue weighted by molar-refractivity contribution is 5.94. The van der Waals surface area contributed by atoms with E-state index in [9.17, 15) is 4.79 Å². The molecule has 0 saturated carbocycles. The predicted octanol–water partition coefficient (Wildman–Crippen LogP) is 1.94. The van der Waals surface area contributed by atoms with Crippen LogP contribution < -0.4 is 5.73 Å². The van der Waals surface area contributed by atoms with E-state index in [1.165, 1.54) is 11.1 Å². The van der Waals surface area contributed by atoms with Crippen LogP contribution in [0.5, 0.6) is 0 Å². The smallest absolute Gasteiger partial charge is 0.159 e. The van der Waals surface area contributed by atoms with Crippen molar-refractivity contribution in [3.05, 3.63) is 34.9 Å². The molecule has 0 fully saturated rings. The highest BCUT2D eigenvalue weighted by atomic mass is 16.1. The Morgan fingerprint density at radius 2 is 2.12 bits per heavy atom. The van der Waals surface area contributed by atoms with Crippen molar-refractivity contribution in [3.63, 3.8) is 0 Å². The first kappa shape index (κ1) is 12.3. The quantitative estimate of drug-likeness (QED) is 0.807. The van der Waals surface area contributed by atoms with Gasteiger partial charge < -0.3 is 5.73 Å². The highest BCUT2D eigenvalue weighted by Crippen LogP contribution is 2.24. The first-order valence-corrected chi connectivity index (χ1v) is 6.20. The van der Waals surface area contributed by atoms with Crippen molar-refractivity contribution in [1.29, 1.82) is 0 Å². The summed E-state index contributed by atoms with van der Waals surface area (Å²) < 4.78 is 0. The van der Waals surface area contributed by atoms with Crippen LogP contribution in [0.25, 0.3) is 0 Å². The van der Waals surface area contributed by atoms with Gasteiger partial charge in [0.1, 0.15) is 0 Å². The van der Waals surface area contributed by atoms with Crippen LogP contribution in [0.2, 0.25) is 0 Å². The maximum Gasteiger partial charge on any atom is 0.159 e. The first-order valence-electron chi connectivity index (χ1n) is 6.20. The molecule has 0 aromatic heterocycles. The molecule has 1 aliphatic rings. The van der Waals surface area contributed by atoms with Gasteiger partial charge in [0.15, 0.2) is 5.78 Å². The van der Waals surface area contributed by atoms with Crippen LogP contribution in [-0.2, 0) is 13.1 Å². The van der Waals surface area contributed by atoms with Gasteiger partial charge in [0.2, 0.25) is 0 Å². The number of carbonyl (C=O) groups is 1. The molecular formula is C14H20N2O. The summed E-state index contributed by atoms with van der Waals surface area (Å²) in [6, 6.07) is 6.26. The Balaban J connectivity index is 2.08. The number of rotatable bonds is 4. The molecule has 0 saturated heterocycles. The Morgan fingerprint density at radius 1 is 1.41 bits per heavy atom. The number of hydrogen-bond donors (Lipinski definition) is 1. The van der Waals surface area contributed by atoms with E-state index < -0.39 is 0 Å². The molecule has 0 aliphatic carbocycles. The maximum absolute atomic E-state index is 11.3. The number of nitrogens with two attached hydrogens (primary N) is 1. The van der Waals surface area contributed by atoms with Crippen molar-refractivity contribution >= 4 is 5.78 Å². The van der Waals surface area contributed by atoms with Gasteiger partial charge in [-0.15, -0.1) is 0 Å². The van der Waals surface area contributed by atoms with Crippen molar-refractivity contribution in [2.45, 2.75) is 39.4 Å². The van der Waals surface area contributed by atoms with Crippen LogP contribution in [0, 0.1) is 0 Å². The molecule has 2 rings (SSSR count). The van der Waals surface area contributed by atoms with Crippen LogP contribution >= 0.6 is 0 Å². The number of nitrogens with zero attached hydrogens (tertiary/aromatic N) is 1. The fraction of sp³-hybridized carbons (Fsp3) is 0.500. The lowest BCUT2D eigenvalue weighted by atomic mass is 10.0. The van der Waals surface area contributed by atoms with E-state index in [4.69, 9.17) is 5.73 Å². The Hall–Kier alpha value is -1.19. The number of ketones is 1. The molecule has 17 heavy (non-hydrogen) atoms. The third kappa shape index (κ3) is 2.73. The highest BCUT2D eigenvalue weighted by Gasteiger charge is 2.20. The van der Waals surface area contributed by atoms with Crippen molar-refractivity contribution in [3.8, 4) is 0 Å². The van der Waals surface area contributed by atoms with E-state index in [1.54, 1.807) is 6.92 Å². The largest absolute Gasteiger partial charge is 0.327 e. The molecule has 1 atom stereocenters. The molecule has 0 radical (unpaired) electrons. The average Bonchev–Trinajstić information content (AvgIpc) is 2.69. The number of carbonyl (C=O) groups excluding carboxylic acids is 1. The van der Waals surface area contributed by atoms with Gasteiger partial charge >= 0.3 is 0 Å². The monoisotopic (exact) mass is 232 g/mol. The van der Waals surface area contributed by atoms with Gasteiger partial charge in [-0.2, -0.15) is 0 Å². The van der Waals surface area contributed by atoms with Gasteiger partial charge in [-0.25, -0.2) is 0 Å². The number of benzene rings is 1. The minimum absolute atomic E-state index is 0.136. The second-order valence-electron chi connectivity index (χ2n) is 4.88. The Bertz CT molecular complexity index is 428. The zero-order valence-corrected chi connectivity index (χ0v) is 10.6. The lowest BCUT2D eigenvalue weighted by Crippen LogP contribution is -2.33. The number of hydrogen-bond acceptors (Lipinski definition) is 3. The molecule has 0 amide bonds. The Labute approximate surface area is 103 Å². The lowest BCUT2D eigenvalue weighted by Gasteiger charge is -2.18. The normalized spacial score (nSPS) is 16.9. The summed E-state index contributed by atoms with van der Waals surface area (Å²) in [4.78, 5) is 13.7. The van der Waals surface area contributed by atoms with Crippen LogP contribution in [0.1, 0.15) is 41.8 Å². The predicted molar refractivity (Wildman–Crippen MR) is 68.8 cm³/mol. The fourth-order valence-corrected chi connectivity index (χ4v) is 2.27. The van der Waals surface area contributed by atoms with E-state index in [-0.39, 0.29) is 11.8 Å². The van der Waals surface area contributed by atoms with Crippen molar-refractivity contribution in [2.24, 2.45) is 5.73 Å². The van der Waals surface area contributed by atoms with Gasteiger partial charge in [-0.05, 0) is 30.5 Å². The number of fused-ring (bicyclic) bond motifs is 1. The fourth-order valence-electron chi connectivity index (χ4n) is 2.27. The van der Waals surface area contributed by atoms with Gasteiger partial charge in [0.25, 0.3) is 0 Å². The first-order chi connectivity index (χ1) is 8.10. The molecule has 1 aliphatic heterocycles. The maximum atomic E-state index is 11.3. The molecule has 92 valence electrons. The molecule has 3 nitrogen and oxygen atoms in total. The van der Waals surface area contributed by atoms with E-state index in [2.05, 4.69) is 17.9 Å². The minimum Gasteiger partial charge on any atom is -0.327 e. The average molecular weight is 232 g/mol. The molecule has 0 bridgehead atoms. The van der Waals surface area contributed by atoms with Crippen LogP contribution in [0.15, 0.2) is 18.2 Å². The summed E-state index contributed by atoms with van der Waals surface area (Å²) in [5.41, 5.74) is 9.39. The van der Waals surface area contributed by atoms with Crippen LogP contribution in [0.3, 0.4) is 0 Å². The van der Waals surface area contributed by atoms with Gasteiger partial charge in [0, 0.05) is 31.2 Å². The summed E-state index contributed by atoms with van der Waals surface area (Å²) >= 11 is 0. The molecule has 1 heterocycles. The van der Waals surface area contributed by atoms with E-state index >= 15 is 0 Å². The summed E-state index contributed by atoms with van der Waals surface area (Å²) in [6.45, 7) is 6.54. The Morgan fingerprint density at radius 3 is 2.76 bits per heavy atom. The molecule has 3 heteroatoms. The van der Waals surface area contributed by atoms with Crippen LogP contribution in [0.4, 0.5) is 0 Å². The van der Waals surface area contributed by atoms with Crippen molar-refractivity contribution < 1.29 is 4.79 Å². The third-order valence-electron chi connectivity index (χ3n) is 3.42. The molecular weight excluding hydrogens is 212 g/mol. The van der Waals surface area contributed by atoms with Gasteiger partial charge in [0.05, 0.1) is 0 Å². The van der Waals surface area contributed by atoms with E-state index in [0.717, 1.165) is 31.6 Å². The second kappa shape index (κ2) is 4.98. The number of Topliss-reactive ketones (excluding diaryl/α,β-unsaturated/α-hetero) is 1. The summed E-state index contributed by atoms with van der Waals surface area (Å²) in [5.74, 6) is 0.136. The topological polar surface area (TPSA) is 46.3 Å². The van der Waals surface area contributed by atoms with Gasteiger partial charge in [-0.3, -0.25) is 9.69 Å². The molecule has 2 N–H and O–H groups in total. The van der Waals surface area contributed by atoms with Crippen LogP contribution in [-0.4, -0.2) is 23.3 Å². The SMILES string of the molecule is CCC(N)CN1Cc2ccc(C(C)=O)cc2C1.